The Morgan fingerprint density at radius 3 is 1.97 bits per heavy atom. The number of amides is 7. The van der Waals surface area contributed by atoms with Crippen LogP contribution in [0, 0.1) is 5.92 Å². The molecule has 1 aromatic rings. The summed E-state index contributed by atoms with van der Waals surface area (Å²) in [5.41, 5.74) is 17.2. The highest BCUT2D eigenvalue weighted by Gasteiger charge is 2.40. The molecule has 10 atom stereocenters. The van der Waals surface area contributed by atoms with E-state index >= 15 is 0 Å². The number of benzene rings is 1. The Balaban J connectivity index is 1.99. The number of guanidine groups is 1. The van der Waals surface area contributed by atoms with Crippen LogP contribution in [0.2, 0.25) is 0 Å². The Bertz CT molecular complexity index is 1760. The van der Waals surface area contributed by atoms with Gasteiger partial charge in [-0.25, -0.2) is 4.79 Å². The molecule has 23 nitrogen and oxygen atoms in total. The van der Waals surface area contributed by atoms with Gasteiger partial charge in [0.1, 0.15) is 42.0 Å². The molecule has 23 heteroatoms. The van der Waals surface area contributed by atoms with Crippen molar-refractivity contribution in [2.75, 3.05) is 19.6 Å². The normalized spacial score (nSPS) is 17.9. The van der Waals surface area contributed by atoms with E-state index in [0.717, 1.165) is 13.8 Å². The molecule has 7 amide bonds. The zero-order chi connectivity index (χ0) is 46.8. The number of carboxylic acid groups (broad SMARTS) is 1. The van der Waals surface area contributed by atoms with Crippen LogP contribution in [-0.2, 0) is 44.8 Å². The first-order valence-corrected chi connectivity index (χ1v) is 20.3. The predicted molar refractivity (Wildman–Crippen MR) is 223 cm³/mol. The molecule has 1 aliphatic heterocycles. The molecule has 2 rings (SSSR count). The van der Waals surface area contributed by atoms with Gasteiger partial charge in [0, 0.05) is 19.5 Å². The van der Waals surface area contributed by atoms with Gasteiger partial charge in [0.15, 0.2) is 5.96 Å². The van der Waals surface area contributed by atoms with Gasteiger partial charge in [-0.1, -0.05) is 32.4 Å². The number of aliphatic hydroxyl groups excluding tert-OH is 2. The second kappa shape index (κ2) is 25.0. The average molecular weight is 878 g/mol. The summed E-state index contributed by atoms with van der Waals surface area (Å²) in [6.45, 7) is 7.03. The standard InChI is InChI=1S/C39H63N11O12/c1-6-19(2)29(48-33(56)25(40)9-7-15-43-39(41)42)37(60)50-16-8-10-27(50)34(57)45-20(3)32(55)44-18-28(54)47-30(21(4)51)36(59)49-31(22(5)52)35(58)46-26(38(61)62)17-23-11-13-24(53)14-12-23/h11-14,19-22,25-27,29-31,51-53H,6-10,15-18,40H2,1-5H3,(H,44,55)(H,45,57)(H,46,58)(H,47,54)(H,48,56)(H,49,59)(H,61,62)(H4,41,42,43)/t19-,20-,21+,22+,25-,26-,27-,29-,30-,31-/m0/s1. The van der Waals surface area contributed by atoms with Crippen LogP contribution in [-0.4, -0.2) is 153 Å². The number of aliphatic carboxylic acids is 1. The minimum Gasteiger partial charge on any atom is -0.508 e. The van der Waals surface area contributed by atoms with E-state index in [0.29, 0.717) is 24.8 Å². The quantitative estimate of drug-likeness (QED) is 0.0266. The fourth-order valence-electron chi connectivity index (χ4n) is 6.38. The highest BCUT2D eigenvalue weighted by Crippen LogP contribution is 2.22. The van der Waals surface area contributed by atoms with Crippen molar-refractivity contribution in [3.8, 4) is 5.75 Å². The lowest BCUT2D eigenvalue weighted by Crippen LogP contribution is -2.61. The van der Waals surface area contributed by atoms with E-state index in [1.54, 1.807) is 6.92 Å². The molecule has 1 fully saturated rings. The molecule has 16 N–H and O–H groups in total. The SMILES string of the molecule is CC[C@H](C)[C@H](NC(=O)[C@@H](N)CCCN=C(N)N)C(=O)N1CCC[C@H]1C(=O)N[C@@H](C)C(=O)NCC(=O)N[C@H](C(=O)N[C@H](C(=O)N[C@@H](Cc1ccc(O)cc1)C(=O)O)[C@@H](C)O)[C@@H](C)O. The molecular formula is C39H63N11O12. The van der Waals surface area contributed by atoms with Gasteiger partial charge >= 0.3 is 5.97 Å². The first-order valence-electron chi connectivity index (χ1n) is 20.3. The Morgan fingerprint density at radius 1 is 0.823 bits per heavy atom. The van der Waals surface area contributed by atoms with E-state index in [2.05, 4.69) is 36.9 Å². The third-order valence-electron chi connectivity index (χ3n) is 10.2. The highest BCUT2D eigenvalue weighted by molar-refractivity contribution is 5.97. The van der Waals surface area contributed by atoms with Crippen LogP contribution in [0.5, 0.6) is 5.75 Å². The minimum atomic E-state index is -1.73. The number of likely N-dealkylation sites (tertiary alicyclic amines) is 1. The molecule has 0 radical (unpaired) electrons. The summed E-state index contributed by atoms with van der Waals surface area (Å²) >= 11 is 0. The molecular weight excluding hydrogens is 814 g/mol. The van der Waals surface area contributed by atoms with Crippen molar-refractivity contribution in [3.63, 3.8) is 0 Å². The number of aliphatic hydroxyl groups is 2. The maximum absolute atomic E-state index is 13.8. The number of aliphatic imine (C=N–C) groups is 1. The van der Waals surface area contributed by atoms with Gasteiger partial charge in [0.05, 0.1) is 24.8 Å². The molecule has 1 saturated heterocycles. The van der Waals surface area contributed by atoms with E-state index in [-0.39, 0.29) is 50.0 Å². The number of nitrogens with two attached hydrogens (primary N) is 3. The zero-order valence-corrected chi connectivity index (χ0v) is 35.6. The first kappa shape index (κ1) is 52.1. The topological polar surface area (TPSA) is 383 Å². The Hall–Kier alpha value is -6.07. The van der Waals surface area contributed by atoms with Gasteiger partial charge < -0.3 is 74.4 Å². The molecule has 0 saturated carbocycles. The number of carbonyl (C=O) groups excluding carboxylic acids is 7. The van der Waals surface area contributed by atoms with Crippen molar-refractivity contribution >= 4 is 53.3 Å². The summed E-state index contributed by atoms with van der Waals surface area (Å²) in [5.74, 6) is -7.56. The number of phenolic OH excluding ortho intramolecular Hbond substituents is 1. The monoisotopic (exact) mass is 877 g/mol. The van der Waals surface area contributed by atoms with Crippen LogP contribution < -0.4 is 49.1 Å². The van der Waals surface area contributed by atoms with Crippen molar-refractivity contribution in [1.82, 2.24) is 36.8 Å². The summed E-state index contributed by atoms with van der Waals surface area (Å²) in [5, 5.41) is 54.0. The number of aromatic hydroxyl groups is 1. The molecule has 0 spiro atoms. The average Bonchev–Trinajstić information content (AvgIpc) is 3.71. The van der Waals surface area contributed by atoms with E-state index in [1.807, 2.05) is 6.92 Å². The largest absolute Gasteiger partial charge is 0.508 e. The smallest absolute Gasteiger partial charge is 0.326 e. The fourth-order valence-corrected chi connectivity index (χ4v) is 6.38. The third-order valence-corrected chi connectivity index (χ3v) is 10.2. The summed E-state index contributed by atoms with van der Waals surface area (Å²) in [6.07, 6.45) is -1.38. The zero-order valence-electron chi connectivity index (χ0n) is 35.6. The Morgan fingerprint density at radius 2 is 1.40 bits per heavy atom. The van der Waals surface area contributed by atoms with Crippen molar-refractivity contribution in [1.29, 1.82) is 0 Å². The van der Waals surface area contributed by atoms with Crippen LogP contribution in [0.1, 0.15) is 72.3 Å². The highest BCUT2D eigenvalue weighted by atomic mass is 16.4. The first-order chi connectivity index (χ1) is 29.1. The Labute approximate surface area is 359 Å². The lowest BCUT2D eigenvalue weighted by atomic mass is 9.96. The third kappa shape index (κ3) is 16.4. The van der Waals surface area contributed by atoms with Crippen LogP contribution >= 0.6 is 0 Å². The van der Waals surface area contributed by atoms with Crippen LogP contribution in [0.3, 0.4) is 0 Å². The number of nitrogens with one attached hydrogen (secondary N) is 6. The van der Waals surface area contributed by atoms with Gasteiger partial charge in [-0.2, -0.15) is 0 Å². The number of hydrogen-bond donors (Lipinski definition) is 13. The number of carbonyl (C=O) groups is 8. The number of hydrogen-bond acceptors (Lipinski definition) is 13. The number of phenols is 1. The molecule has 0 bridgehead atoms. The van der Waals surface area contributed by atoms with E-state index in [1.165, 1.54) is 36.1 Å². The Kier molecular flexibility index (Phi) is 21.0. The maximum atomic E-state index is 13.8. The van der Waals surface area contributed by atoms with Gasteiger partial charge in [0.25, 0.3) is 0 Å². The maximum Gasteiger partial charge on any atom is 0.326 e. The van der Waals surface area contributed by atoms with Gasteiger partial charge in [-0.15, -0.1) is 0 Å². The molecule has 62 heavy (non-hydrogen) atoms. The van der Waals surface area contributed by atoms with Gasteiger partial charge in [-0.05, 0) is 70.1 Å². The molecule has 346 valence electrons. The van der Waals surface area contributed by atoms with E-state index in [4.69, 9.17) is 17.2 Å². The van der Waals surface area contributed by atoms with Crippen LogP contribution in [0.25, 0.3) is 0 Å². The summed E-state index contributed by atoms with van der Waals surface area (Å²) in [7, 11) is 0. The number of rotatable bonds is 24. The molecule has 0 aromatic heterocycles. The second-order valence-corrected chi connectivity index (χ2v) is 15.3. The molecule has 1 heterocycles. The summed E-state index contributed by atoms with van der Waals surface area (Å²) in [6, 6.07) is -3.49. The number of carboxylic acids is 1. The molecule has 1 aliphatic rings. The van der Waals surface area contributed by atoms with Crippen LogP contribution in [0.15, 0.2) is 29.3 Å². The van der Waals surface area contributed by atoms with E-state index < -0.39 is 108 Å². The molecule has 1 aromatic carbocycles. The summed E-state index contributed by atoms with van der Waals surface area (Å²) in [4.78, 5) is 109. The van der Waals surface area contributed by atoms with Gasteiger partial charge in [0.2, 0.25) is 41.4 Å². The number of nitrogens with zero attached hydrogens (tertiary/aromatic N) is 2. The van der Waals surface area contributed by atoms with Gasteiger partial charge in [-0.3, -0.25) is 38.6 Å². The van der Waals surface area contributed by atoms with E-state index in [9.17, 15) is 58.8 Å². The van der Waals surface area contributed by atoms with Crippen LogP contribution in [0.4, 0.5) is 0 Å². The molecule has 0 unspecified atom stereocenters. The van der Waals surface area contributed by atoms with Crippen molar-refractivity contribution < 1.29 is 58.8 Å². The molecule has 0 aliphatic carbocycles. The van der Waals surface area contributed by atoms with Crippen molar-refractivity contribution in [3.05, 3.63) is 29.8 Å². The second-order valence-electron chi connectivity index (χ2n) is 15.3. The predicted octanol–water partition coefficient (Wildman–Crippen LogP) is -4.24. The van der Waals surface area contributed by atoms with Crippen molar-refractivity contribution in [2.24, 2.45) is 28.1 Å². The lowest BCUT2D eigenvalue weighted by molar-refractivity contribution is -0.143. The lowest BCUT2D eigenvalue weighted by Gasteiger charge is -2.32. The van der Waals surface area contributed by atoms with Crippen molar-refractivity contribution in [2.45, 2.75) is 128 Å². The fraction of sp³-hybridized carbons (Fsp3) is 0.615. The minimum absolute atomic E-state index is 0.0573. The summed E-state index contributed by atoms with van der Waals surface area (Å²) < 4.78 is 0.